The van der Waals surface area contributed by atoms with Crippen molar-refractivity contribution in [1.29, 1.82) is 0 Å². The van der Waals surface area contributed by atoms with E-state index in [9.17, 15) is 14.4 Å². The van der Waals surface area contributed by atoms with Crippen LogP contribution in [0.5, 0.6) is 0 Å². The molecule has 16 heavy (non-hydrogen) atoms. The Morgan fingerprint density at radius 1 is 1.12 bits per heavy atom. The summed E-state index contributed by atoms with van der Waals surface area (Å²) in [5.41, 5.74) is 0. The fraction of sp³-hybridized carbons (Fsp3) is 0.625. The van der Waals surface area contributed by atoms with Gasteiger partial charge in [-0.15, -0.1) is 0 Å². The molecule has 0 bridgehead atoms. The Bertz CT molecular complexity index is 268. The van der Waals surface area contributed by atoms with E-state index in [0.717, 1.165) is 0 Å². The van der Waals surface area contributed by atoms with Gasteiger partial charge in [-0.25, -0.2) is 9.59 Å². The van der Waals surface area contributed by atoms with Crippen molar-refractivity contribution in [2.75, 3.05) is 27.8 Å². The van der Waals surface area contributed by atoms with E-state index >= 15 is 0 Å². The van der Waals surface area contributed by atoms with Gasteiger partial charge in [-0.2, -0.15) is 0 Å². The van der Waals surface area contributed by atoms with Gasteiger partial charge in [0.2, 0.25) is 5.91 Å². The van der Waals surface area contributed by atoms with Crippen molar-refractivity contribution < 1.29 is 23.9 Å². The highest BCUT2D eigenvalue weighted by atomic mass is 16.5. The maximum atomic E-state index is 11.3. The summed E-state index contributed by atoms with van der Waals surface area (Å²) in [6.45, 7) is -0.0958. The first-order valence-corrected chi connectivity index (χ1v) is 4.43. The van der Waals surface area contributed by atoms with E-state index in [1.807, 2.05) is 0 Å². The fourth-order valence-electron chi connectivity index (χ4n) is 0.842. The second-order valence-corrected chi connectivity index (χ2v) is 2.68. The third-order valence-corrected chi connectivity index (χ3v) is 1.68. The van der Waals surface area contributed by atoms with E-state index < -0.39 is 24.1 Å². The molecule has 0 aromatic rings. The molecule has 0 aliphatic heterocycles. The molecule has 0 aliphatic rings. The molecule has 3 amide bonds. The first-order valence-electron chi connectivity index (χ1n) is 4.43. The number of likely N-dealkylation sites (N-methyl/N-ethyl adjacent to an activating group) is 1. The molecular weight excluding hydrogens is 218 g/mol. The Balaban J connectivity index is 4.26. The van der Waals surface area contributed by atoms with Gasteiger partial charge in [0, 0.05) is 7.05 Å². The number of ether oxygens (including phenoxy) is 2. The zero-order valence-electron chi connectivity index (χ0n) is 9.33. The summed E-state index contributed by atoms with van der Waals surface area (Å²) < 4.78 is 8.65. The summed E-state index contributed by atoms with van der Waals surface area (Å²) >= 11 is 0. The van der Waals surface area contributed by atoms with Crippen LogP contribution in [0.15, 0.2) is 0 Å². The van der Waals surface area contributed by atoms with E-state index in [-0.39, 0.29) is 6.54 Å². The second kappa shape index (κ2) is 7.32. The lowest BCUT2D eigenvalue weighted by atomic mass is 10.3. The summed E-state index contributed by atoms with van der Waals surface area (Å²) in [4.78, 5) is 33.0. The predicted molar refractivity (Wildman–Crippen MR) is 53.8 cm³/mol. The molecule has 8 nitrogen and oxygen atoms in total. The van der Waals surface area contributed by atoms with Crippen LogP contribution in [0.25, 0.3) is 0 Å². The summed E-state index contributed by atoms with van der Waals surface area (Å²) in [5.74, 6) is -0.457. The van der Waals surface area contributed by atoms with Crippen molar-refractivity contribution >= 4 is 18.1 Å². The summed E-state index contributed by atoms with van der Waals surface area (Å²) in [6.07, 6.45) is -1.46. The minimum Gasteiger partial charge on any atom is -0.453 e. The molecule has 0 heterocycles. The second-order valence-electron chi connectivity index (χ2n) is 2.68. The SMILES string of the molecule is CNC(=O)C(CNC(=O)OC)NC(=O)OC. The average Bonchev–Trinajstić information content (AvgIpc) is 2.32. The molecule has 0 fully saturated rings. The van der Waals surface area contributed by atoms with Crippen LogP contribution < -0.4 is 16.0 Å². The number of alkyl carbamates (subject to hydrolysis) is 2. The van der Waals surface area contributed by atoms with E-state index in [4.69, 9.17) is 0 Å². The first kappa shape index (κ1) is 14.0. The van der Waals surface area contributed by atoms with Crippen LogP contribution in [-0.4, -0.2) is 51.9 Å². The first-order chi connectivity index (χ1) is 7.54. The van der Waals surface area contributed by atoms with Gasteiger partial charge in [0.25, 0.3) is 0 Å². The lowest BCUT2D eigenvalue weighted by Gasteiger charge is -2.16. The van der Waals surface area contributed by atoms with Gasteiger partial charge in [0.05, 0.1) is 20.8 Å². The summed E-state index contributed by atoms with van der Waals surface area (Å²) in [5, 5.41) is 6.87. The van der Waals surface area contributed by atoms with Crippen molar-refractivity contribution in [3.63, 3.8) is 0 Å². The van der Waals surface area contributed by atoms with Crippen LogP contribution in [0, 0.1) is 0 Å². The molecule has 0 spiro atoms. The van der Waals surface area contributed by atoms with Crippen molar-refractivity contribution in [3.05, 3.63) is 0 Å². The lowest BCUT2D eigenvalue weighted by molar-refractivity contribution is -0.122. The molecule has 1 unspecified atom stereocenters. The number of hydrogen-bond donors (Lipinski definition) is 3. The highest BCUT2D eigenvalue weighted by molar-refractivity contribution is 5.86. The Morgan fingerprint density at radius 2 is 1.69 bits per heavy atom. The fourth-order valence-corrected chi connectivity index (χ4v) is 0.842. The quantitative estimate of drug-likeness (QED) is 0.566. The van der Waals surface area contributed by atoms with Crippen LogP contribution >= 0.6 is 0 Å². The largest absolute Gasteiger partial charge is 0.453 e. The summed E-state index contributed by atoms with van der Waals surface area (Å²) in [6, 6.07) is -0.920. The maximum Gasteiger partial charge on any atom is 0.407 e. The molecular formula is C8H15N3O5. The molecule has 0 aromatic heterocycles. The van der Waals surface area contributed by atoms with Crippen molar-refractivity contribution in [1.82, 2.24) is 16.0 Å². The Kier molecular flexibility index (Phi) is 6.41. The monoisotopic (exact) mass is 233 g/mol. The van der Waals surface area contributed by atoms with Crippen LogP contribution in [0.4, 0.5) is 9.59 Å². The topological polar surface area (TPSA) is 106 Å². The van der Waals surface area contributed by atoms with E-state index in [2.05, 4.69) is 25.4 Å². The molecule has 92 valence electrons. The number of hydrogen-bond acceptors (Lipinski definition) is 5. The number of methoxy groups -OCH3 is 2. The summed E-state index contributed by atoms with van der Waals surface area (Å²) in [7, 11) is 3.77. The average molecular weight is 233 g/mol. The zero-order chi connectivity index (χ0) is 12.6. The number of carbonyl (C=O) groups excluding carboxylic acids is 3. The van der Waals surface area contributed by atoms with Gasteiger partial charge in [-0.3, -0.25) is 4.79 Å². The molecule has 1 atom stereocenters. The number of amides is 3. The van der Waals surface area contributed by atoms with Crippen LogP contribution in [0.1, 0.15) is 0 Å². The minimum absolute atomic E-state index is 0.0958. The minimum atomic E-state index is -0.920. The van der Waals surface area contributed by atoms with Crippen molar-refractivity contribution in [2.24, 2.45) is 0 Å². The molecule has 0 aromatic carbocycles. The number of rotatable bonds is 4. The Hall–Kier alpha value is -1.99. The third kappa shape index (κ3) is 5.03. The van der Waals surface area contributed by atoms with E-state index in [0.29, 0.717) is 0 Å². The van der Waals surface area contributed by atoms with Gasteiger partial charge in [0.1, 0.15) is 6.04 Å². The van der Waals surface area contributed by atoms with Crippen molar-refractivity contribution in [3.8, 4) is 0 Å². The third-order valence-electron chi connectivity index (χ3n) is 1.68. The molecule has 0 radical (unpaired) electrons. The van der Waals surface area contributed by atoms with E-state index in [1.54, 1.807) is 0 Å². The van der Waals surface area contributed by atoms with Crippen LogP contribution in [-0.2, 0) is 14.3 Å². The molecule has 0 aliphatic carbocycles. The highest BCUT2D eigenvalue weighted by Gasteiger charge is 2.20. The van der Waals surface area contributed by atoms with E-state index in [1.165, 1.54) is 21.3 Å². The van der Waals surface area contributed by atoms with Gasteiger partial charge in [0.15, 0.2) is 0 Å². The molecule has 0 saturated heterocycles. The standard InChI is InChI=1S/C8H15N3O5/c1-9-6(12)5(11-8(14)16-3)4-10-7(13)15-2/h5H,4H2,1-3H3,(H,9,12)(H,10,13)(H,11,14). The zero-order valence-corrected chi connectivity index (χ0v) is 9.33. The smallest absolute Gasteiger partial charge is 0.407 e. The lowest BCUT2D eigenvalue weighted by Crippen LogP contribution is -2.51. The molecule has 0 rings (SSSR count). The van der Waals surface area contributed by atoms with Gasteiger partial charge in [-0.05, 0) is 0 Å². The normalized spacial score (nSPS) is 10.9. The van der Waals surface area contributed by atoms with Gasteiger partial charge < -0.3 is 25.4 Å². The van der Waals surface area contributed by atoms with Gasteiger partial charge >= 0.3 is 12.2 Å². The molecule has 8 heteroatoms. The predicted octanol–water partition coefficient (Wildman–Crippen LogP) is -1.19. The highest BCUT2D eigenvalue weighted by Crippen LogP contribution is 1.85. The molecule has 0 saturated carbocycles. The Labute approximate surface area is 92.7 Å². The number of carbonyl (C=O) groups is 3. The maximum absolute atomic E-state index is 11.3. The van der Waals surface area contributed by atoms with Crippen LogP contribution in [0.3, 0.4) is 0 Å². The van der Waals surface area contributed by atoms with Gasteiger partial charge in [-0.1, -0.05) is 0 Å². The number of nitrogens with one attached hydrogen (secondary N) is 3. The van der Waals surface area contributed by atoms with Crippen LogP contribution in [0.2, 0.25) is 0 Å². The Morgan fingerprint density at radius 3 is 2.12 bits per heavy atom. The molecule has 3 N–H and O–H groups in total. The van der Waals surface area contributed by atoms with Crippen molar-refractivity contribution in [2.45, 2.75) is 6.04 Å².